The molecule has 5 rings (SSSR count). The largest absolute Gasteiger partial charge is 0.294 e. The van der Waals surface area contributed by atoms with Crippen LogP contribution in [0.2, 0.25) is 0 Å². The zero-order valence-corrected chi connectivity index (χ0v) is 11.7. The summed E-state index contributed by atoms with van der Waals surface area (Å²) in [6.07, 6.45) is 7.73. The molecule has 0 spiro atoms. The van der Waals surface area contributed by atoms with Crippen LogP contribution in [0, 0.1) is 30.1 Å². The van der Waals surface area contributed by atoms with Crippen molar-refractivity contribution >= 4 is 5.78 Å². The molecule has 4 fully saturated rings. The summed E-state index contributed by atoms with van der Waals surface area (Å²) in [4.78, 5) is 13.0. The fourth-order valence-corrected chi connectivity index (χ4v) is 5.40. The first-order valence-corrected chi connectivity index (χ1v) is 7.76. The Bertz CT molecular complexity index is 476. The first kappa shape index (κ1) is 11.7. The van der Waals surface area contributed by atoms with E-state index in [9.17, 15) is 4.79 Å². The number of benzene rings is 1. The molecule has 1 heteroatoms. The number of rotatable bonds is 2. The van der Waals surface area contributed by atoms with Crippen LogP contribution >= 0.6 is 0 Å². The van der Waals surface area contributed by atoms with Crippen molar-refractivity contribution < 1.29 is 4.79 Å². The van der Waals surface area contributed by atoms with Gasteiger partial charge in [0, 0.05) is 11.0 Å². The van der Waals surface area contributed by atoms with Crippen molar-refractivity contribution in [3.05, 3.63) is 35.4 Å². The second-order valence-electron chi connectivity index (χ2n) is 7.39. The molecule has 1 aromatic rings. The van der Waals surface area contributed by atoms with Crippen LogP contribution in [-0.2, 0) is 0 Å². The maximum Gasteiger partial charge on any atom is 0.169 e. The Morgan fingerprint density at radius 3 is 1.89 bits per heavy atom. The third kappa shape index (κ3) is 1.78. The highest BCUT2D eigenvalue weighted by atomic mass is 16.1. The molecule has 0 N–H and O–H groups in total. The van der Waals surface area contributed by atoms with E-state index in [0.29, 0.717) is 5.78 Å². The van der Waals surface area contributed by atoms with E-state index in [1.54, 1.807) is 0 Å². The van der Waals surface area contributed by atoms with E-state index in [2.05, 4.69) is 19.1 Å². The minimum absolute atomic E-state index is 0.0179. The normalized spacial score (nSPS) is 39.5. The van der Waals surface area contributed by atoms with Gasteiger partial charge in [-0.1, -0.05) is 29.8 Å². The predicted molar refractivity (Wildman–Crippen MR) is 76.1 cm³/mol. The van der Waals surface area contributed by atoms with Crippen molar-refractivity contribution in [2.24, 2.45) is 23.2 Å². The van der Waals surface area contributed by atoms with E-state index in [1.165, 1.54) is 44.1 Å². The number of carbonyl (C=O) groups excluding carboxylic acids is 1. The van der Waals surface area contributed by atoms with E-state index >= 15 is 0 Å². The highest BCUT2D eigenvalue weighted by Gasteiger charge is 2.54. The van der Waals surface area contributed by atoms with Gasteiger partial charge in [-0.2, -0.15) is 0 Å². The Morgan fingerprint density at radius 1 is 0.947 bits per heavy atom. The predicted octanol–water partition coefficient (Wildman–Crippen LogP) is 4.39. The summed E-state index contributed by atoms with van der Waals surface area (Å²) in [7, 11) is 0. The molecule has 0 atom stereocenters. The molecule has 4 bridgehead atoms. The summed E-state index contributed by atoms with van der Waals surface area (Å²) in [6.45, 7) is 2.08. The van der Waals surface area contributed by atoms with Gasteiger partial charge in [-0.3, -0.25) is 4.79 Å². The Balaban J connectivity index is 1.68. The molecule has 0 amide bonds. The number of carbonyl (C=O) groups is 1. The van der Waals surface area contributed by atoms with E-state index in [0.717, 1.165) is 23.3 Å². The zero-order chi connectivity index (χ0) is 13.0. The topological polar surface area (TPSA) is 17.1 Å². The second kappa shape index (κ2) is 3.94. The number of ketones is 1. The van der Waals surface area contributed by atoms with Crippen molar-refractivity contribution in [2.45, 2.75) is 45.4 Å². The molecule has 0 saturated heterocycles. The lowest BCUT2D eigenvalue weighted by molar-refractivity contribution is -0.0353. The van der Waals surface area contributed by atoms with Gasteiger partial charge in [-0.25, -0.2) is 0 Å². The Hall–Kier alpha value is -1.11. The van der Waals surface area contributed by atoms with Crippen LogP contribution in [0.3, 0.4) is 0 Å². The van der Waals surface area contributed by atoms with Gasteiger partial charge in [-0.05, 0) is 63.2 Å². The van der Waals surface area contributed by atoms with Crippen LogP contribution in [0.1, 0.15) is 54.4 Å². The average Bonchev–Trinajstić information content (AvgIpc) is 2.37. The first-order valence-electron chi connectivity index (χ1n) is 7.76. The van der Waals surface area contributed by atoms with Crippen molar-refractivity contribution in [1.29, 1.82) is 0 Å². The van der Waals surface area contributed by atoms with Crippen molar-refractivity contribution in [2.75, 3.05) is 0 Å². The van der Waals surface area contributed by atoms with E-state index in [4.69, 9.17) is 0 Å². The van der Waals surface area contributed by atoms with Crippen molar-refractivity contribution in [3.63, 3.8) is 0 Å². The number of hydrogen-bond acceptors (Lipinski definition) is 1. The molecular formula is C18H22O. The summed E-state index contributed by atoms with van der Waals surface area (Å²) < 4.78 is 0. The number of aryl methyl sites for hydroxylation is 1. The molecule has 19 heavy (non-hydrogen) atoms. The zero-order valence-electron chi connectivity index (χ0n) is 11.7. The fourth-order valence-electron chi connectivity index (χ4n) is 5.40. The van der Waals surface area contributed by atoms with Crippen molar-refractivity contribution in [3.8, 4) is 0 Å². The quantitative estimate of drug-likeness (QED) is 0.715. The van der Waals surface area contributed by atoms with Gasteiger partial charge in [0.25, 0.3) is 0 Å². The van der Waals surface area contributed by atoms with Crippen LogP contribution in [-0.4, -0.2) is 5.78 Å². The molecule has 1 aromatic carbocycles. The third-order valence-corrected chi connectivity index (χ3v) is 5.83. The second-order valence-corrected chi connectivity index (χ2v) is 7.39. The molecular weight excluding hydrogens is 232 g/mol. The monoisotopic (exact) mass is 254 g/mol. The highest BCUT2D eigenvalue weighted by Crippen LogP contribution is 2.60. The molecule has 100 valence electrons. The van der Waals surface area contributed by atoms with Crippen LogP contribution < -0.4 is 0 Å². The summed E-state index contributed by atoms with van der Waals surface area (Å²) in [5.74, 6) is 2.99. The molecule has 4 aliphatic rings. The van der Waals surface area contributed by atoms with Crippen LogP contribution in [0.25, 0.3) is 0 Å². The minimum Gasteiger partial charge on any atom is -0.294 e. The van der Waals surface area contributed by atoms with Gasteiger partial charge < -0.3 is 0 Å². The number of Topliss-reactive ketones (excluding diaryl/α,β-unsaturated/α-hetero) is 1. The molecule has 1 nitrogen and oxygen atoms in total. The minimum atomic E-state index is 0.0179. The maximum atomic E-state index is 13.0. The standard InChI is InChI=1S/C18H22O/c1-12-2-4-16(5-3-12)17(19)18-9-13-6-14(10-18)8-15(7-13)11-18/h2-5,13-15H,6-11H2,1H3. The number of hydrogen-bond donors (Lipinski definition) is 0. The van der Waals surface area contributed by atoms with Crippen molar-refractivity contribution in [1.82, 2.24) is 0 Å². The Kier molecular flexibility index (Phi) is 2.43. The SMILES string of the molecule is Cc1ccc(C(=O)C23CC4CC(CC(C4)C2)C3)cc1. The Labute approximate surface area is 115 Å². The van der Waals surface area contributed by atoms with Crippen LogP contribution in [0.5, 0.6) is 0 Å². The van der Waals surface area contributed by atoms with E-state index in [-0.39, 0.29) is 5.41 Å². The lowest BCUT2D eigenvalue weighted by Gasteiger charge is -2.56. The van der Waals surface area contributed by atoms with Gasteiger partial charge in [0.05, 0.1) is 0 Å². The van der Waals surface area contributed by atoms with Crippen LogP contribution in [0.4, 0.5) is 0 Å². The van der Waals surface area contributed by atoms with E-state index < -0.39 is 0 Å². The van der Waals surface area contributed by atoms with Gasteiger partial charge in [0.1, 0.15) is 0 Å². The van der Waals surface area contributed by atoms with Gasteiger partial charge in [0.2, 0.25) is 0 Å². The average molecular weight is 254 g/mol. The van der Waals surface area contributed by atoms with Gasteiger partial charge in [0.15, 0.2) is 5.78 Å². The van der Waals surface area contributed by atoms with Gasteiger partial charge in [-0.15, -0.1) is 0 Å². The summed E-state index contributed by atoms with van der Waals surface area (Å²) >= 11 is 0. The molecule has 0 radical (unpaired) electrons. The summed E-state index contributed by atoms with van der Waals surface area (Å²) in [5.41, 5.74) is 2.21. The highest BCUT2D eigenvalue weighted by molar-refractivity contribution is 6.00. The molecule has 0 aromatic heterocycles. The molecule has 0 unspecified atom stereocenters. The summed E-state index contributed by atoms with van der Waals surface area (Å²) in [5, 5.41) is 0. The lowest BCUT2D eigenvalue weighted by atomic mass is 9.48. The molecule has 4 aliphatic carbocycles. The fraction of sp³-hybridized carbons (Fsp3) is 0.611. The molecule has 0 heterocycles. The van der Waals surface area contributed by atoms with E-state index in [1.807, 2.05) is 12.1 Å². The third-order valence-electron chi connectivity index (χ3n) is 5.83. The molecule has 4 saturated carbocycles. The lowest BCUT2D eigenvalue weighted by Crippen LogP contribution is -2.50. The Morgan fingerprint density at radius 2 is 1.42 bits per heavy atom. The maximum absolute atomic E-state index is 13.0. The van der Waals surface area contributed by atoms with Gasteiger partial charge >= 0.3 is 0 Å². The smallest absolute Gasteiger partial charge is 0.169 e. The summed E-state index contributed by atoms with van der Waals surface area (Å²) in [6, 6.07) is 8.23. The molecule has 0 aliphatic heterocycles. The first-order chi connectivity index (χ1) is 9.14. The van der Waals surface area contributed by atoms with Crippen LogP contribution in [0.15, 0.2) is 24.3 Å².